The van der Waals surface area contributed by atoms with E-state index in [0.29, 0.717) is 0 Å². The fraction of sp³-hybridized carbons (Fsp3) is 0.308. The highest BCUT2D eigenvalue weighted by Crippen LogP contribution is 2.17. The lowest BCUT2D eigenvalue weighted by atomic mass is 10.2. The summed E-state index contributed by atoms with van der Waals surface area (Å²) < 4.78 is 0. The summed E-state index contributed by atoms with van der Waals surface area (Å²) in [4.78, 5) is 13.3. The molecule has 0 aromatic heterocycles. The minimum atomic E-state index is -0.185. The average Bonchev–Trinajstić information content (AvgIpc) is 2.32. The Hall–Kier alpha value is -1.77. The van der Waals surface area contributed by atoms with Crippen LogP contribution in [0.3, 0.4) is 0 Å². The molecule has 0 aliphatic rings. The number of anilines is 2. The molecule has 3 nitrogen and oxygen atoms in total. The maximum atomic E-state index is 11.1. The van der Waals surface area contributed by atoms with Gasteiger partial charge in [0.05, 0.1) is 0 Å². The molecule has 0 radical (unpaired) electrons. The van der Waals surface area contributed by atoms with Crippen molar-refractivity contribution in [3.8, 4) is 0 Å². The van der Waals surface area contributed by atoms with Crippen molar-refractivity contribution in [1.29, 1.82) is 0 Å². The summed E-state index contributed by atoms with van der Waals surface area (Å²) in [6.07, 6.45) is 1.26. The van der Waals surface area contributed by atoms with Crippen LogP contribution in [0.4, 0.5) is 11.4 Å². The molecule has 1 aromatic carbocycles. The zero-order valence-electron chi connectivity index (χ0n) is 9.86. The number of rotatable bonds is 5. The summed E-state index contributed by atoms with van der Waals surface area (Å²) in [5.74, 6) is -0.185. The number of nitrogens with one attached hydrogen (secondary N) is 1. The molecule has 0 aliphatic heterocycles. The molecule has 3 heteroatoms. The SMILES string of the molecule is C=CC(=O)Nc1ccc(N(CC)CC)cc1. The normalized spacial score (nSPS) is 9.62. The molecule has 1 amide bonds. The Balaban J connectivity index is 2.74. The smallest absolute Gasteiger partial charge is 0.247 e. The molecule has 0 heterocycles. The second kappa shape index (κ2) is 5.95. The zero-order chi connectivity index (χ0) is 12.0. The summed E-state index contributed by atoms with van der Waals surface area (Å²) in [5.41, 5.74) is 1.96. The molecule has 0 spiro atoms. The Labute approximate surface area is 96.8 Å². The highest BCUT2D eigenvalue weighted by molar-refractivity contribution is 5.98. The molecule has 1 rings (SSSR count). The highest BCUT2D eigenvalue weighted by Gasteiger charge is 2.01. The fourth-order valence-electron chi connectivity index (χ4n) is 1.54. The number of carbonyl (C=O) groups is 1. The lowest BCUT2D eigenvalue weighted by Crippen LogP contribution is -2.21. The predicted octanol–water partition coefficient (Wildman–Crippen LogP) is 2.66. The summed E-state index contributed by atoms with van der Waals surface area (Å²) in [6.45, 7) is 9.61. The monoisotopic (exact) mass is 218 g/mol. The molecule has 0 saturated heterocycles. The van der Waals surface area contributed by atoms with Crippen LogP contribution in [0.2, 0.25) is 0 Å². The van der Waals surface area contributed by atoms with Gasteiger partial charge in [-0.05, 0) is 44.2 Å². The van der Waals surface area contributed by atoms with Crippen LogP contribution in [-0.4, -0.2) is 19.0 Å². The van der Waals surface area contributed by atoms with Gasteiger partial charge in [0.2, 0.25) is 5.91 Å². The molecule has 86 valence electrons. The quantitative estimate of drug-likeness (QED) is 0.771. The molecule has 0 fully saturated rings. The van der Waals surface area contributed by atoms with E-state index in [1.165, 1.54) is 11.8 Å². The molecule has 1 N–H and O–H groups in total. The maximum Gasteiger partial charge on any atom is 0.247 e. The molecule has 0 unspecified atom stereocenters. The standard InChI is InChI=1S/C13H18N2O/c1-4-13(16)14-11-7-9-12(10-8-11)15(5-2)6-3/h4,7-10H,1,5-6H2,2-3H3,(H,14,16). The van der Waals surface area contributed by atoms with Crippen LogP contribution >= 0.6 is 0 Å². The highest BCUT2D eigenvalue weighted by atomic mass is 16.1. The van der Waals surface area contributed by atoms with Crippen molar-refractivity contribution in [2.45, 2.75) is 13.8 Å². The lowest BCUT2D eigenvalue weighted by molar-refractivity contribution is -0.111. The van der Waals surface area contributed by atoms with Crippen LogP contribution < -0.4 is 10.2 Å². The van der Waals surface area contributed by atoms with E-state index in [9.17, 15) is 4.79 Å². The van der Waals surface area contributed by atoms with E-state index in [1.807, 2.05) is 24.3 Å². The van der Waals surface area contributed by atoms with Gasteiger partial charge in [-0.15, -0.1) is 0 Å². The van der Waals surface area contributed by atoms with Gasteiger partial charge in [0.25, 0.3) is 0 Å². The van der Waals surface area contributed by atoms with Gasteiger partial charge < -0.3 is 10.2 Å². The molecule has 0 aliphatic carbocycles. The minimum Gasteiger partial charge on any atom is -0.372 e. The third-order valence-corrected chi connectivity index (χ3v) is 2.45. The molecule has 0 saturated carbocycles. The lowest BCUT2D eigenvalue weighted by Gasteiger charge is -2.21. The Morgan fingerprint density at radius 1 is 1.31 bits per heavy atom. The van der Waals surface area contributed by atoms with Crippen molar-refractivity contribution < 1.29 is 4.79 Å². The first kappa shape index (κ1) is 12.3. The zero-order valence-corrected chi connectivity index (χ0v) is 9.86. The first-order valence-corrected chi connectivity index (χ1v) is 5.49. The van der Waals surface area contributed by atoms with Crippen LogP contribution in [0.5, 0.6) is 0 Å². The van der Waals surface area contributed by atoms with Crippen LogP contribution in [0.1, 0.15) is 13.8 Å². The first-order valence-electron chi connectivity index (χ1n) is 5.49. The van der Waals surface area contributed by atoms with Crippen LogP contribution in [0, 0.1) is 0 Å². The van der Waals surface area contributed by atoms with E-state index in [2.05, 4.69) is 30.6 Å². The van der Waals surface area contributed by atoms with Crippen molar-refractivity contribution in [2.75, 3.05) is 23.3 Å². The van der Waals surface area contributed by atoms with Crippen LogP contribution in [0.15, 0.2) is 36.9 Å². The number of carbonyl (C=O) groups excluding carboxylic acids is 1. The van der Waals surface area contributed by atoms with Gasteiger partial charge in [-0.25, -0.2) is 0 Å². The van der Waals surface area contributed by atoms with Crippen molar-refractivity contribution in [1.82, 2.24) is 0 Å². The third-order valence-electron chi connectivity index (χ3n) is 2.45. The number of amides is 1. The van der Waals surface area contributed by atoms with Crippen molar-refractivity contribution in [2.24, 2.45) is 0 Å². The first-order chi connectivity index (χ1) is 7.71. The van der Waals surface area contributed by atoms with Crippen molar-refractivity contribution >= 4 is 17.3 Å². The third kappa shape index (κ3) is 3.12. The van der Waals surface area contributed by atoms with E-state index < -0.39 is 0 Å². The maximum absolute atomic E-state index is 11.1. The molecular weight excluding hydrogens is 200 g/mol. The Kier molecular flexibility index (Phi) is 4.58. The van der Waals surface area contributed by atoms with Crippen LogP contribution in [0.25, 0.3) is 0 Å². The van der Waals surface area contributed by atoms with Crippen molar-refractivity contribution in [3.63, 3.8) is 0 Å². The molecule has 0 bridgehead atoms. The summed E-state index contributed by atoms with van der Waals surface area (Å²) >= 11 is 0. The number of nitrogens with zero attached hydrogens (tertiary/aromatic N) is 1. The van der Waals surface area contributed by atoms with E-state index >= 15 is 0 Å². The van der Waals surface area contributed by atoms with E-state index in [0.717, 1.165) is 18.8 Å². The number of hydrogen-bond donors (Lipinski definition) is 1. The number of hydrogen-bond acceptors (Lipinski definition) is 2. The Morgan fingerprint density at radius 3 is 2.31 bits per heavy atom. The van der Waals surface area contributed by atoms with Gasteiger partial charge in [-0.3, -0.25) is 4.79 Å². The largest absolute Gasteiger partial charge is 0.372 e. The molecule has 0 atom stereocenters. The van der Waals surface area contributed by atoms with Gasteiger partial charge in [0, 0.05) is 24.5 Å². The summed E-state index contributed by atoms with van der Waals surface area (Å²) in [6, 6.07) is 7.81. The number of benzene rings is 1. The molecular formula is C13H18N2O. The topological polar surface area (TPSA) is 32.3 Å². The van der Waals surface area contributed by atoms with E-state index in [-0.39, 0.29) is 5.91 Å². The van der Waals surface area contributed by atoms with Gasteiger partial charge in [0.1, 0.15) is 0 Å². The van der Waals surface area contributed by atoms with Crippen LogP contribution in [-0.2, 0) is 4.79 Å². The van der Waals surface area contributed by atoms with E-state index in [4.69, 9.17) is 0 Å². The Bertz CT molecular complexity index is 353. The molecule has 16 heavy (non-hydrogen) atoms. The van der Waals surface area contributed by atoms with Gasteiger partial charge in [0.15, 0.2) is 0 Å². The van der Waals surface area contributed by atoms with E-state index in [1.54, 1.807) is 0 Å². The van der Waals surface area contributed by atoms with Crippen molar-refractivity contribution in [3.05, 3.63) is 36.9 Å². The summed E-state index contributed by atoms with van der Waals surface area (Å²) in [7, 11) is 0. The minimum absolute atomic E-state index is 0.185. The van der Waals surface area contributed by atoms with Gasteiger partial charge in [-0.2, -0.15) is 0 Å². The second-order valence-corrected chi connectivity index (χ2v) is 3.41. The Morgan fingerprint density at radius 2 is 1.88 bits per heavy atom. The predicted molar refractivity (Wildman–Crippen MR) is 68.8 cm³/mol. The summed E-state index contributed by atoms with van der Waals surface area (Å²) in [5, 5.41) is 2.72. The average molecular weight is 218 g/mol. The van der Waals surface area contributed by atoms with Gasteiger partial charge >= 0.3 is 0 Å². The second-order valence-electron chi connectivity index (χ2n) is 3.41. The molecule has 1 aromatic rings. The van der Waals surface area contributed by atoms with Gasteiger partial charge in [-0.1, -0.05) is 6.58 Å². The fourth-order valence-corrected chi connectivity index (χ4v) is 1.54.